The van der Waals surface area contributed by atoms with Crippen LogP contribution < -0.4 is 5.32 Å². The number of nitrogens with zero attached hydrogens (tertiary/aromatic N) is 1. The van der Waals surface area contributed by atoms with E-state index < -0.39 is 15.4 Å². The quantitative estimate of drug-likeness (QED) is 0.757. The summed E-state index contributed by atoms with van der Waals surface area (Å²) in [5.41, 5.74) is -0.651. The molecule has 0 aromatic heterocycles. The third-order valence-corrected chi connectivity index (χ3v) is 6.50. The second-order valence-electron chi connectivity index (χ2n) is 6.79. The van der Waals surface area contributed by atoms with Crippen molar-refractivity contribution in [1.82, 2.24) is 10.2 Å². The average molecular weight is 318 g/mol. The number of amides is 1. The molecular weight excluding hydrogens is 292 g/mol. The molecule has 2 aliphatic rings. The minimum atomic E-state index is -3.03. The van der Waals surface area contributed by atoms with Crippen molar-refractivity contribution in [2.45, 2.75) is 56.7 Å². The molecule has 7 heteroatoms. The van der Waals surface area contributed by atoms with E-state index in [9.17, 15) is 18.3 Å². The Morgan fingerprint density at radius 2 is 2.05 bits per heavy atom. The molecule has 1 saturated heterocycles. The Morgan fingerprint density at radius 3 is 2.62 bits per heavy atom. The van der Waals surface area contributed by atoms with Crippen molar-refractivity contribution in [3.8, 4) is 0 Å². The van der Waals surface area contributed by atoms with Gasteiger partial charge in [0.05, 0.1) is 29.7 Å². The molecular formula is C14H26N2O4S. The van der Waals surface area contributed by atoms with Gasteiger partial charge < -0.3 is 10.4 Å². The summed E-state index contributed by atoms with van der Waals surface area (Å²) in [6, 6.07) is 0.0182. The Hall–Kier alpha value is -0.660. The standard InChI is InChI=1S/C14H26N2O4S/c1-14(7-8-21(19,20)10-14)15-13(18)9-16(2)11-5-3-4-6-12(11)17/h11-12,17H,3-10H2,1-2H3,(H,15,18). The minimum absolute atomic E-state index is 0.0154. The number of hydrogen-bond donors (Lipinski definition) is 2. The molecule has 1 heterocycles. The molecule has 0 spiro atoms. The van der Waals surface area contributed by atoms with Gasteiger partial charge in [0.25, 0.3) is 0 Å². The SMILES string of the molecule is CN(CC(=O)NC1(C)CCS(=O)(=O)C1)C1CCCCC1O. The van der Waals surface area contributed by atoms with E-state index in [2.05, 4.69) is 5.32 Å². The summed E-state index contributed by atoms with van der Waals surface area (Å²) in [7, 11) is -1.19. The lowest BCUT2D eigenvalue weighted by Gasteiger charge is -2.35. The first-order valence-electron chi connectivity index (χ1n) is 7.61. The lowest BCUT2D eigenvalue weighted by atomic mass is 9.91. The van der Waals surface area contributed by atoms with E-state index in [0.717, 1.165) is 25.7 Å². The molecule has 1 aliphatic carbocycles. The van der Waals surface area contributed by atoms with Gasteiger partial charge in [-0.1, -0.05) is 12.8 Å². The smallest absolute Gasteiger partial charge is 0.234 e. The fourth-order valence-corrected chi connectivity index (χ4v) is 5.53. The summed E-state index contributed by atoms with van der Waals surface area (Å²) in [5, 5.41) is 12.9. The van der Waals surface area contributed by atoms with Gasteiger partial charge in [-0.15, -0.1) is 0 Å². The van der Waals surface area contributed by atoms with Crippen LogP contribution in [0.1, 0.15) is 39.0 Å². The number of aliphatic hydroxyl groups is 1. The Bertz CT molecular complexity index is 493. The average Bonchev–Trinajstić information content (AvgIpc) is 2.63. The van der Waals surface area contributed by atoms with Crippen molar-refractivity contribution >= 4 is 15.7 Å². The van der Waals surface area contributed by atoms with E-state index in [-0.39, 0.29) is 36.1 Å². The second-order valence-corrected chi connectivity index (χ2v) is 8.97. The van der Waals surface area contributed by atoms with Gasteiger partial charge in [-0.25, -0.2) is 8.42 Å². The zero-order valence-corrected chi connectivity index (χ0v) is 13.7. The van der Waals surface area contributed by atoms with Gasteiger partial charge >= 0.3 is 0 Å². The van der Waals surface area contributed by atoms with E-state index in [1.54, 1.807) is 6.92 Å². The molecule has 0 aromatic rings. The largest absolute Gasteiger partial charge is 0.391 e. The predicted molar refractivity (Wildman–Crippen MR) is 80.7 cm³/mol. The molecule has 3 unspecified atom stereocenters. The maximum absolute atomic E-state index is 12.1. The number of nitrogens with one attached hydrogen (secondary N) is 1. The molecule has 3 atom stereocenters. The van der Waals surface area contributed by atoms with E-state index >= 15 is 0 Å². The van der Waals surface area contributed by atoms with E-state index in [1.165, 1.54) is 0 Å². The Morgan fingerprint density at radius 1 is 1.38 bits per heavy atom. The van der Waals surface area contributed by atoms with Crippen LogP contribution in [0.25, 0.3) is 0 Å². The summed E-state index contributed by atoms with van der Waals surface area (Å²) >= 11 is 0. The summed E-state index contributed by atoms with van der Waals surface area (Å²) in [4.78, 5) is 14.0. The predicted octanol–water partition coefficient (Wildman–Crippen LogP) is -0.0849. The van der Waals surface area contributed by atoms with Gasteiger partial charge in [-0.05, 0) is 33.2 Å². The molecule has 2 N–H and O–H groups in total. The summed E-state index contributed by atoms with van der Waals surface area (Å²) in [6.07, 6.45) is 3.89. The first kappa shape index (κ1) is 16.7. The van der Waals surface area contributed by atoms with Crippen molar-refractivity contribution in [3.63, 3.8) is 0 Å². The number of sulfone groups is 1. The summed E-state index contributed by atoms with van der Waals surface area (Å²) < 4.78 is 23.1. The molecule has 1 saturated carbocycles. The van der Waals surface area contributed by atoms with Gasteiger partial charge in [-0.3, -0.25) is 9.69 Å². The van der Waals surface area contributed by atoms with Crippen LogP contribution in [-0.4, -0.2) is 67.1 Å². The lowest BCUT2D eigenvalue weighted by Crippen LogP contribution is -2.52. The van der Waals surface area contributed by atoms with Crippen LogP contribution in [0.2, 0.25) is 0 Å². The first-order chi connectivity index (χ1) is 9.71. The fourth-order valence-electron chi connectivity index (χ4n) is 3.43. The van der Waals surface area contributed by atoms with Gasteiger partial charge in [0.2, 0.25) is 5.91 Å². The van der Waals surface area contributed by atoms with E-state index in [1.807, 2.05) is 11.9 Å². The summed E-state index contributed by atoms with van der Waals surface area (Å²) in [6.45, 7) is 1.97. The highest BCUT2D eigenvalue weighted by molar-refractivity contribution is 7.91. The number of hydrogen-bond acceptors (Lipinski definition) is 5. The third kappa shape index (κ3) is 4.40. The number of carbonyl (C=O) groups is 1. The molecule has 2 fully saturated rings. The highest BCUT2D eigenvalue weighted by Crippen LogP contribution is 2.24. The van der Waals surface area contributed by atoms with E-state index in [4.69, 9.17) is 0 Å². The Balaban J connectivity index is 1.87. The zero-order chi connectivity index (χ0) is 15.7. The minimum Gasteiger partial charge on any atom is -0.391 e. The first-order valence-corrected chi connectivity index (χ1v) is 9.43. The number of carbonyl (C=O) groups excluding carboxylic acids is 1. The van der Waals surface area contributed by atoms with Crippen LogP contribution in [0, 0.1) is 0 Å². The fraction of sp³-hybridized carbons (Fsp3) is 0.929. The molecule has 0 aromatic carbocycles. The second kappa shape index (κ2) is 6.22. The van der Waals surface area contributed by atoms with Crippen LogP contribution in [0.15, 0.2) is 0 Å². The van der Waals surface area contributed by atoms with Crippen molar-refractivity contribution < 1.29 is 18.3 Å². The van der Waals surface area contributed by atoms with Crippen molar-refractivity contribution in [3.05, 3.63) is 0 Å². The monoisotopic (exact) mass is 318 g/mol. The van der Waals surface area contributed by atoms with Gasteiger partial charge in [0.15, 0.2) is 9.84 Å². The molecule has 1 amide bonds. The molecule has 122 valence electrons. The van der Waals surface area contributed by atoms with Gasteiger partial charge in [0.1, 0.15) is 0 Å². The highest BCUT2D eigenvalue weighted by Gasteiger charge is 2.39. The van der Waals surface area contributed by atoms with Crippen molar-refractivity contribution in [2.24, 2.45) is 0 Å². The van der Waals surface area contributed by atoms with Crippen LogP contribution in [0.5, 0.6) is 0 Å². The normalized spacial score (nSPS) is 35.8. The van der Waals surface area contributed by atoms with Gasteiger partial charge in [0, 0.05) is 6.04 Å². The van der Waals surface area contributed by atoms with Crippen LogP contribution >= 0.6 is 0 Å². The maximum atomic E-state index is 12.1. The highest BCUT2D eigenvalue weighted by atomic mass is 32.2. The lowest BCUT2D eigenvalue weighted by molar-refractivity contribution is -0.124. The molecule has 0 bridgehead atoms. The maximum Gasteiger partial charge on any atom is 0.234 e. The molecule has 2 rings (SSSR count). The van der Waals surface area contributed by atoms with Gasteiger partial charge in [-0.2, -0.15) is 0 Å². The molecule has 1 aliphatic heterocycles. The number of aliphatic hydroxyl groups excluding tert-OH is 1. The molecule has 21 heavy (non-hydrogen) atoms. The number of rotatable bonds is 4. The van der Waals surface area contributed by atoms with Crippen molar-refractivity contribution in [2.75, 3.05) is 25.1 Å². The molecule has 6 nitrogen and oxygen atoms in total. The van der Waals surface area contributed by atoms with E-state index in [0.29, 0.717) is 6.42 Å². The third-order valence-electron chi connectivity index (χ3n) is 4.60. The summed E-state index contributed by atoms with van der Waals surface area (Å²) in [5.74, 6) is -0.0162. The Kier molecular flexibility index (Phi) is 4.95. The van der Waals surface area contributed by atoms with Crippen LogP contribution in [-0.2, 0) is 14.6 Å². The van der Waals surface area contributed by atoms with Crippen LogP contribution in [0.4, 0.5) is 0 Å². The van der Waals surface area contributed by atoms with Crippen LogP contribution in [0.3, 0.4) is 0 Å². The van der Waals surface area contributed by atoms with Crippen molar-refractivity contribution in [1.29, 1.82) is 0 Å². The topological polar surface area (TPSA) is 86.7 Å². The zero-order valence-electron chi connectivity index (χ0n) is 12.8. The Labute approximate surface area is 126 Å². The molecule has 0 radical (unpaired) electrons. The number of likely N-dealkylation sites (N-methyl/N-ethyl adjacent to an activating group) is 1.